The number of anilines is 1. The van der Waals surface area contributed by atoms with E-state index in [-0.39, 0.29) is 5.91 Å². The Morgan fingerprint density at radius 3 is 2.32 bits per heavy atom. The van der Waals surface area contributed by atoms with Crippen molar-refractivity contribution in [1.29, 1.82) is 0 Å². The monoisotopic (exact) mass is 262 g/mol. The summed E-state index contributed by atoms with van der Waals surface area (Å²) in [6.45, 7) is 1.66. The summed E-state index contributed by atoms with van der Waals surface area (Å²) in [5.74, 6) is 5.42. The van der Waals surface area contributed by atoms with Gasteiger partial charge in [-0.15, -0.1) is 0 Å². The molecule has 0 radical (unpaired) electrons. The van der Waals surface area contributed by atoms with Gasteiger partial charge in [0.15, 0.2) is 0 Å². The minimum atomic E-state index is 0.112. The van der Waals surface area contributed by atoms with E-state index in [1.54, 1.807) is 0 Å². The Morgan fingerprint density at radius 2 is 1.84 bits per heavy atom. The van der Waals surface area contributed by atoms with E-state index >= 15 is 0 Å². The minimum absolute atomic E-state index is 0.112. The Balaban J connectivity index is 1.97. The van der Waals surface area contributed by atoms with Crippen molar-refractivity contribution >= 4 is 11.6 Å². The number of hydrogen-bond acceptors (Lipinski definition) is 4. The molecule has 0 saturated carbocycles. The fourth-order valence-corrected chi connectivity index (χ4v) is 2.48. The average Bonchev–Trinajstić information content (AvgIpc) is 2.46. The lowest BCUT2D eigenvalue weighted by molar-refractivity contribution is 0.0663. The molecule has 3 N–H and O–H groups in total. The van der Waals surface area contributed by atoms with Crippen molar-refractivity contribution < 1.29 is 4.79 Å². The van der Waals surface area contributed by atoms with Gasteiger partial charge >= 0.3 is 0 Å². The molecule has 1 aliphatic rings. The maximum atomic E-state index is 12.3. The number of benzene rings is 1. The Bertz CT molecular complexity index is 422. The number of piperidine rings is 1. The summed E-state index contributed by atoms with van der Waals surface area (Å²) in [4.78, 5) is 16.5. The van der Waals surface area contributed by atoms with Crippen LogP contribution in [0.5, 0.6) is 0 Å². The van der Waals surface area contributed by atoms with Gasteiger partial charge in [-0.1, -0.05) is 0 Å². The molecule has 1 aliphatic heterocycles. The molecule has 0 aliphatic carbocycles. The van der Waals surface area contributed by atoms with Crippen LogP contribution in [0.2, 0.25) is 0 Å². The molecule has 1 aromatic rings. The maximum Gasteiger partial charge on any atom is 0.253 e. The molecule has 1 saturated heterocycles. The summed E-state index contributed by atoms with van der Waals surface area (Å²) in [5.41, 5.74) is 4.09. The van der Waals surface area contributed by atoms with E-state index in [4.69, 9.17) is 5.84 Å². The molecule has 0 unspecified atom stereocenters. The van der Waals surface area contributed by atoms with Crippen LogP contribution >= 0.6 is 0 Å². The van der Waals surface area contributed by atoms with Crippen molar-refractivity contribution in [1.82, 2.24) is 9.80 Å². The molecule has 104 valence electrons. The molecule has 5 heteroatoms. The normalized spacial score (nSPS) is 16.7. The van der Waals surface area contributed by atoms with Crippen molar-refractivity contribution in [3.05, 3.63) is 29.8 Å². The van der Waals surface area contributed by atoms with E-state index in [0.29, 0.717) is 6.04 Å². The molecule has 0 spiro atoms. The van der Waals surface area contributed by atoms with Gasteiger partial charge in [0.1, 0.15) is 0 Å². The third-order valence-electron chi connectivity index (χ3n) is 3.78. The van der Waals surface area contributed by atoms with Crippen LogP contribution in [0, 0.1) is 0 Å². The van der Waals surface area contributed by atoms with Gasteiger partial charge in [0.2, 0.25) is 0 Å². The number of amides is 1. The third kappa shape index (κ3) is 3.24. The topological polar surface area (TPSA) is 61.6 Å². The number of rotatable bonds is 3. The van der Waals surface area contributed by atoms with Crippen LogP contribution in [0.25, 0.3) is 0 Å². The largest absolute Gasteiger partial charge is 0.339 e. The molecular formula is C14H22N4O. The SMILES string of the molecule is CN(C)C1CCN(C(=O)c2ccc(NN)cc2)CC1. The van der Waals surface area contributed by atoms with Crippen molar-refractivity contribution in [3.63, 3.8) is 0 Å². The Morgan fingerprint density at radius 1 is 1.26 bits per heavy atom. The zero-order valence-corrected chi connectivity index (χ0v) is 11.6. The Hall–Kier alpha value is -1.59. The van der Waals surface area contributed by atoms with Gasteiger partial charge in [-0.3, -0.25) is 10.6 Å². The molecule has 1 aromatic carbocycles. The number of carbonyl (C=O) groups is 1. The molecular weight excluding hydrogens is 240 g/mol. The summed E-state index contributed by atoms with van der Waals surface area (Å²) in [7, 11) is 4.20. The van der Waals surface area contributed by atoms with Gasteiger partial charge in [0.05, 0.1) is 0 Å². The lowest BCUT2D eigenvalue weighted by Crippen LogP contribution is -2.44. The molecule has 0 bridgehead atoms. The lowest BCUT2D eigenvalue weighted by atomic mass is 10.0. The number of nitrogens with zero attached hydrogens (tertiary/aromatic N) is 2. The molecule has 0 aromatic heterocycles. The second kappa shape index (κ2) is 6.04. The van der Waals surface area contributed by atoms with Gasteiger partial charge in [-0.2, -0.15) is 0 Å². The van der Waals surface area contributed by atoms with Crippen LogP contribution in [0.3, 0.4) is 0 Å². The second-order valence-electron chi connectivity index (χ2n) is 5.21. The summed E-state index contributed by atoms with van der Waals surface area (Å²) in [5, 5.41) is 0. The molecule has 1 fully saturated rings. The first-order valence-corrected chi connectivity index (χ1v) is 6.64. The van der Waals surface area contributed by atoms with E-state index in [2.05, 4.69) is 24.4 Å². The van der Waals surface area contributed by atoms with Crippen LogP contribution in [0.4, 0.5) is 5.69 Å². The van der Waals surface area contributed by atoms with Gasteiger partial charge in [0, 0.05) is 30.4 Å². The van der Waals surface area contributed by atoms with Crippen molar-refractivity contribution in [2.75, 3.05) is 32.6 Å². The number of carbonyl (C=O) groups excluding carboxylic acids is 1. The standard InChI is InChI=1S/C14H22N4O/c1-17(2)13-7-9-18(10-8-13)14(19)11-3-5-12(16-15)6-4-11/h3-6,13,16H,7-10,15H2,1-2H3. The number of nitrogen functional groups attached to an aromatic ring is 1. The maximum absolute atomic E-state index is 12.3. The number of nitrogens with one attached hydrogen (secondary N) is 1. The highest BCUT2D eigenvalue weighted by atomic mass is 16.2. The number of hydrazine groups is 1. The van der Waals surface area contributed by atoms with Gasteiger partial charge in [-0.25, -0.2) is 0 Å². The van der Waals surface area contributed by atoms with Crippen LogP contribution in [0.15, 0.2) is 24.3 Å². The van der Waals surface area contributed by atoms with E-state index in [0.717, 1.165) is 37.2 Å². The van der Waals surface area contributed by atoms with Crippen molar-refractivity contribution in [2.45, 2.75) is 18.9 Å². The fraction of sp³-hybridized carbons (Fsp3) is 0.500. The zero-order valence-electron chi connectivity index (χ0n) is 11.6. The lowest BCUT2D eigenvalue weighted by Gasteiger charge is -2.35. The van der Waals surface area contributed by atoms with Crippen molar-refractivity contribution in [3.8, 4) is 0 Å². The number of likely N-dealkylation sites (tertiary alicyclic amines) is 1. The first-order valence-electron chi connectivity index (χ1n) is 6.64. The molecule has 0 atom stereocenters. The van der Waals surface area contributed by atoms with Gasteiger partial charge < -0.3 is 15.2 Å². The third-order valence-corrected chi connectivity index (χ3v) is 3.78. The van der Waals surface area contributed by atoms with Crippen LogP contribution in [-0.4, -0.2) is 48.9 Å². The second-order valence-corrected chi connectivity index (χ2v) is 5.21. The highest BCUT2D eigenvalue weighted by molar-refractivity contribution is 5.94. The van der Waals surface area contributed by atoms with Crippen molar-refractivity contribution in [2.24, 2.45) is 5.84 Å². The predicted octanol–water partition coefficient (Wildman–Crippen LogP) is 1.14. The van der Waals surface area contributed by atoms with Gasteiger partial charge in [0.25, 0.3) is 5.91 Å². The predicted molar refractivity (Wildman–Crippen MR) is 76.9 cm³/mol. The van der Waals surface area contributed by atoms with Crippen LogP contribution < -0.4 is 11.3 Å². The Labute approximate surface area is 114 Å². The molecule has 5 nitrogen and oxygen atoms in total. The van der Waals surface area contributed by atoms with Crippen LogP contribution in [-0.2, 0) is 0 Å². The number of hydrogen-bond donors (Lipinski definition) is 2. The van der Waals surface area contributed by atoms with E-state index < -0.39 is 0 Å². The molecule has 1 heterocycles. The molecule has 1 amide bonds. The minimum Gasteiger partial charge on any atom is -0.339 e. The van der Waals surface area contributed by atoms with Gasteiger partial charge in [-0.05, 0) is 51.2 Å². The molecule has 19 heavy (non-hydrogen) atoms. The summed E-state index contributed by atoms with van der Waals surface area (Å²) in [6, 6.07) is 7.86. The number of nitrogens with two attached hydrogens (primary N) is 1. The Kier molecular flexibility index (Phi) is 4.39. The molecule has 2 rings (SSSR count). The highest BCUT2D eigenvalue weighted by Gasteiger charge is 2.24. The smallest absolute Gasteiger partial charge is 0.253 e. The summed E-state index contributed by atoms with van der Waals surface area (Å²) in [6.07, 6.45) is 2.09. The van der Waals surface area contributed by atoms with Crippen LogP contribution in [0.1, 0.15) is 23.2 Å². The van der Waals surface area contributed by atoms with E-state index in [9.17, 15) is 4.79 Å². The first kappa shape index (κ1) is 13.8. The highest BCUT2D eigenvalue weighted by Crippen LogP contribution is 2.17. The van der Waals surface area contributed by atoms with E-state index in [1.807, 2.05) is 29.2 Å². The summed E-state index contributed by atoms with van der Waals surface area (Å²) < 4.78 is 0. The zero-order chi connectivity index (χ0) is 13.8. The van der Waals surface area contributed by atoms with E-state index in [1.165, 1.54) is 0 Å². The fourth-order valence-electron chi connectivity index (χ4n) is 2.48. The first-order chi connectivity index (χ1) is 9.11. The average molecular weight is 262 g/mol. The summed E-state index contributed by atoms with van der Waals surface area (Å²) >= 11 is 0. The quantitative estimate of drug-likeness (QED) is 0.633.